The number of fused-ring (bicyclic) bond motifs is 1. The first-order valence-electron chi connectivity index (χ1n) is 13.3. The molecule has 2 aliphatic carbocycles. The number of hydrogen-bond acceptors (Lipinski definition) is 12. The fourth-order valence-corrected chi connectivity index (χ4v) is 9.31. The zero-order chi connectivity index (χ0) is 28.8. The van der Waals surface area contributed by atoms with E-state index in [-0.39, 0.29) is 6.42 Å². The van der Waals surface area contributed by atoms with E-state index in [0.29, 0.717) is 5.56 Å². The Hall–Kier alpha value is -3.06. The van der Waals surface area contributed by atoms with Crippen LogP contribution in [0.15, 0.2) is 30.3 Å². The molecule has 6 aliphatic rings. The maximum atomic E-state index is 13.9. The van der Waals surface area contributed by atoms with Crippen molar-refractivity contribution in [1.82, 2.24) is 0 Å². The van der Waals surface area contributed by atoms with Crippen LogP contribution in [-0.4, -0.2) is 87.2 Å². The largest absolute Gasteiger partial charge is 0.458 e. The van der Waals surface area contributed by atoms with E-state index in [4.69, 9.17) is 23.7 Å². The molecule has 2 spiro atoms. The SMILES string of the molecule is C[C@@H]1C(=O)O[C@H]2[C@H](O)[C@]34C5OC(=O)[C@@]3(OC3OC(=O)[C@H](O)C34[C@H](C(C)(C)C)[C@@H]5OC(=O)Cc3ccccc3)[C@@]12O. The van der Waals surface area contributed by atoms with Crippen LogP contribution in [0.4, 0.5) is 0 Å². The zero-order valence-corrected chi connectivity index (χ0v) is 22.2. The summed E-state index contributed by atoms with van der Waals surface area (Å²) in [6, 6.07) is 8.82. The van der Waals surface area contributed by atoms with Gasteiger partial charge in [0.25, 0.3) is 0 Å². The fourth-order valence-electron chi connectivity index (χ4n) is 9.31. The highest BCUT2D eigenvalue weighted by molar-refractivity contribution is 5.94. The highest BCUT2D eigenvalue weighted by Crippen LogP contribution is 2.84. The van der Waals surface area contributed by atoms with Gasteiger partial charge in [0.1, 0.15) is 12.2 Å². The van der Waals surface area contributed by atoms with Gasteiger partial charge in [-0.25, -0.2) is 9.59 Å². The second kappa shape index (κ2) is 7.41. The van der Waals surface area contributed by atoms with E-state index in [1.54, 1.807) is 51.1 Å². The van der Waals surface area contributed by atoms with Gasteiger partial charge in [0, 0.05) is 5.92 Å². The Bertz CT molecular complexity index is 1350. The van der Waals surface area contributed by atoms with Gasteiger partial charge in [-0.05, 0) is 17.9 Å². The number of aliphatic hydroxyl groups excluding tert-OH is 2. The second-order valence-corrected chi connectivity index (χ2v) is 12.9. The monoisotopic (exact) mass is 558 g/mol. The maximum Gasteiger partial charge on any atom is 0.343 e. The Kier molecular flexibility index (Phi) is 4.79. The van der Waals surface area contributed by atoms with Gasteiger partial charge < -0.3 is 39.0 Å². The summed E-state index contributed by atoms with van der Waals surface area (Å²) in [5, 5.41) is 35.9. The van der Waals surface area contributed by atoms with Gasteiger partial charge in [-0.3, -0.25) is 9.59 Å². The molecule has 0 aromatic heterocycles. The summed E-state index contributed by atoms with van der Waals surface area (Å²) < 4.78 is 29.1. The lowest BCUT2D eigenvalue weighted by Crippen LogP contribution is -2.67. The number of hydrogen-bond donors (Lipinski definition) is 3. The first kappa shape index (κ1) is 25.9. The van der Waals surface area contributed by atoms with Crippen molar-refractivity contribution in [2.45, 2.75) is 82.1 Å². The van der Waals surface area contributed by atoms with E-state index in [9.17, 15) is 34.5 Å². The highest BCUT2D eigenvalue weighted by Gasteiger charge is 3.05. The third-order valence-electron chi connectivity index (χ3n) is 10.4. The predicted octanol–water partition coefficient (Wildman–Crippen LogP) is -0.605. The van der Waals surface area contributed by atoms with Crippen molar-refractivity contribution in [3.8, 4) is 0 Å². The lowest BCUT2D eigenvalue weighted by molar-refractivity contribution is -0.240. The summed E-state index contributed by atoms with van der Waals surface area (Å²) in [5.74, 6) is -6.06. The van der Waals surface area contributed by atoms with Crippen molar-refractivity contribution in [3.05, 3.63) is 35.9 Å². The topological polar surface area (TPSA) is 175 Å². The molecule has 3 N–H and O–H groups in total. The van der Waals surface area contributed by atoms with Crippen LogP contribution in [0.5, 0.6) is 0 Å². The van der Waals surface area contributed by atoms with E-state index in [0.717, 1.165) is 0 Å². The van der Waals surface area contributed by atoms with E-state index in [1.165, 1.54) is 6.92 Å². The number of carbonyl (C=O) groups excluding carboxylic acids is 4. The summed E-state index contributed by atoms with van der Waals surface area (Å²) >= 11 is 0. The van der Waals surface area contributed by atoms with Crippen LogP contribution in [0.2, 0.25) is 0 Å². The molecule has 1 aromatic rings. The summed E-state index contributed by atoms with van der Waals surface area (Å²) in [6.07, 6.45) is -9.99. The molecule has 1 aromatic carbocycles. The van der Waals surface area contributed by atoms with Crippen LogP contribution in [0.25, 0.3) is 0 Å². The zero-order valence-electron chi connectivity index (χ0n) is 22.2. The van der Waals surface area contributed by atoms with Crippen LogP contribution in [-0.2, 0) is 49.3 Å². The van der Waals surface area contributed by atoms with Gasteiger partial charge in [-0.1, -0.05) is 51.1 Å². The Morgan fingerprint density at radius 1 is 1.00 bits per heavy atom. The number of carbonyl (C=O) groups is 4. The minimum absolute atomic E-state index is 0.123. The molecule has 2 saturated carbocycles. The summed E-state index contributed by atoms with van der Waals surface area (Å²) in [5.41, 5.74) is -9.14. The molecule has 4 aliphatic heterocycles. The molecule has 3 unspecified atom stereocenters. The number of benzene rings is 1. The van der Waals surface area contributed by atoms with Crippen LogP contribution < -0.4 is 0 Å². The summed E-state index contributed by atoms with van der Waals surface area (Å²) in [4.78, 5) is 52.9. The van der Waals surface area contributed by atoms with Crippen LogP contribution >= 0.6 is 0 Å². The van der Waals surface area contributed by atoms with Crippen LogP contribution in [0.1, 0.15) is 33.3 Å². The first-order chi connectivity index (χ1) is 18.7. The smallest absolute Gasteiger partial charge is 0.343 e. The van der Waals surface area contributed by atoms with Gasteiger partial charge in [0.05, 0.1) is 23.2 Å². The molecular weight excluding hydrogens is 528 g/mol. The van der Waals surface area contributed by atoms with E-state index in [1.807, 2.05) is 0 Å². The van der Waals surface area contributed by atoms with E-state index < -0.39 is 100.0 Å². The molecule has 4 saturated heterocycles. The van der Waals surface area contributed by atoms with Gasteiger partial charge in [0.15, 0.2) is 23.9 Å². The van der Waals surface area contributed by atoms with Crippen LogP contribution in [0, 0.1) is 28.1 Å². The lowest BCUT2D eigenvalue weighted by Gasteiger charge is -2.47. The third kappa shape index (κ3) is 2.35. The molecule has 40 heavy (non-hydrogen) atoms. The lowest BCUT2D eigenvalue weighted by atomic mass is 9.51. The molecule has 0 radical (unpaired) electrons. The molecule has 214 valence electrons. The fraction of sp³-hybridized carbons (Fsp3) is 0.643. The van der Waals surface area contributed by atoms with Crippen molar-refractivity contribution >= 4 is 23.9 Å². The molecule has 0 amide bonds. The minimum atomic E-state index is -2.48. The van der Waals surface area contributed by atoms with Gasteiger partial charge in [-0.2, -0.15) is 0 Å². The molecular formula is C28H30O12. The van der Waals surface area contributed by atoms with Gasteiger partial charge >= 0.3 is 23.9 Å². The standard InChI is InChI=1S/C28H30O12/c1-11-20(32)37-19-16(30)26-18-14(36-13(29)10-12-8-6-5-7-9-12)15(24(2,3)4)25(26)17(31)21(33)39-23(25)40-28(26,22(34)38-18)27(11,19)35/h5-9,11,14-19,23,30-31,35H,10H2,1-4H3/t11-,14+,15+,16+,17+,18?,19+,23?,25?,26-,27-,28+/m1/s1. The molecule has 12 heteroatoms. The first-order valence-corrected chi connectivity index (χ1v) is 13.3. The molecule has 12 atom stereocenters. The Morgan fingerprint density at radius 2 is 1.68 bits per heavy atom. The number of rotatable bonds is 3. The minimum Gasteiger partial charge on any atom is -0.458 e. The average molecular weight is 559 g/mol. The Labute approximate surface area is 228 Å². The average Bonchev–Trinajstić information content (AvgIpc) is 3.58. The summed E-state index contributed by atoms with van der Waals surface area (Å²) in [6.45, 7) is 6.70. The quantitative estimate of drug-likeness (QED) is 0.318. The van der Waals surface area contributed by atoms with E-state index in [2.05, 4.69) is 0 Å². The Morgan fingerprint density at radius 3 is 2.33 bits per heavy atom. The van der Waals surface area contributed by atoms with Crippen molar-refractivity contribution in [3.63, 3.8) is 0 Å². The maximum absolute atomic E-state index is 13.9. The van der Waals surface area contributed by atoms with Gasteiger partial charge in [-0.15, -0.1) is 0 Å². The van der Waals surface area contributed by atoms with Crippen molar-refractivity contribution in [1.29, 1.82) is 0 Å². The molecule has 4 heterocycles. The van der Waals surface area contributed by atoms with Gasteiger partial charge in [0.2, 0.25) is 11.9 Å². The highest BCUT2D eigenvalue weighted by atomic mass is 16.8. The predicted molar refractivity (Wildman–Crippen MR) is 127 cm³/mol. The van der Waals surface area contributed by atoms with Crippen molar-refractivity contribution in [2.24, 2.45) is 28.1 Å². The van der Waals surface area contributed by atoms with Crippen LogP contribution in [0.3, 0.4) is 0 Å². The molecule has 0 bridgehead atoms. The molecule has 12 nitrogen and oxygen atoms in total. The number of ether oxygens (including phenoxy) is 5. The number of aliphatic hydroxyl groups is 3. The molecule has 6 fully saturated rings. The molecule has 7 rings (SSSR count). The van der Waals surface area contributed by atoms with E-state index >= 15 is 0 Å². The van der Waals surface area contributed by atoms with Crippen molar-refractivity contribution in [2.75, 3.05) is 0 Å². The normalized spacial score (nSPS) is 49.6. The Balaban J connectivity index is 1.46. The van der Waals surface area contributed by atoms with Crippen molar-refractivity contribution < 1.29 is 58.2 Å². The third-order valence-corrected chi connectivity index (χ3v) is 10.4. The second-order valence-electron chi connectivity index (χ2n) is 12.9. The summed E-state index contributed by atoms with van der Waals surface area (Å²) in [7, 11) is 0. The number of esters is 4.